The summed E-state index contributed by atoms with van der Waals surface area (Å²) < 4.78 is 5.18. The minimum Gasteiger partial charge on any atom is -0.336 e. The summed E-state index contributed by atoms with van der Waals surface area (Å²) in [6.07, 6.45) is 9.88. The zero-order valence-corrected chi connectivity index (χ0v) is 21.0. The molecule has 1 N–H and O–H groups in total. The number of rotatable bonds is 9. The third-order valence-corrected chi connectivity index (χ3v) is 6.53. The average molecular weight is 497 g/mol. The Labute approximate surface area is 213 Å². The van der Waals surface area contributed by atoms with Crippen molar-refractivity contribution in [2.75, 3.05) is 0 Å². The molecule has 1 aromatic carbocycles. The molecule has 0 aliphatic carbocycles. The van der Waals surface area contributed by atoms with Crippen molar-refractivity contribution in [2.45, 2.75) is 39.7 Å². The second-order valence-electron chi connectivity index (χ2n) is 9.00. The van der Waals surface area contributed by atoms with Crippen LogP contribution in [0.15, 0.2) is 66.0 Å². The van der Waals surface area contributed by atoms with Gasteiger partial charge in [-0.2, -0.15) is 5.21 Å². The Morgan fingerprint density at radius 1 is 1.08 bits per heavy atom. The Bertz CT molecular complexity index is 1610. The maximum atomic E-state index is 13.8. The highest BCUT2D eigenvalue weighted by atomic mass is 16.2. The molecule has 188 valence electrons. The van der Waals surface area contributed by atoms with E-state index in [2.05, 4.69) is 32.5 Å². The summed E-state index contributed by atoms with van der Waals surface area (Å²) in [7, 11) is 1.84. The molecule has 4 aromatic heterocycles. The summed E-state index contributed by atoms with van der Waals surface area (Å²) in [6, 6.07) is 11.5. The number of unbranched alkanes of at least 4 members (excludes halogenated alkanes) is 1. The lowest BCUT2D eigenvalue weighted by atomic mass is 9.96. The lowest BCUT2D eigenvalue weighted by molar-refractivity contribution is 0.101. The van der Waals surface area contributed by atoms with Gasteiger partial charge in [0.25, 0.3) is 0 Å². The number of aromatic nitrogens is 8. The van der Waals surface area contributed by atoms with Crippen molar-refractivity contribution in [1.82, 2.24) is 39.3 Å². The molecule has 10 heteroatoms. The lowest BCUT2D eigenvalue weighted by Gasteiger charge is -2.14. The average Bonchev–Trinajstić information content (AvgIpc) is 3.64. The number of hydrogen-bond donors (Lipinski definition) is 1. The first-order valence-corrected chi connectivity index (χ1v) is 12.2. The van der Waals surface area contributed by atoms with Crippen molar-refractivity contribution in [2.24, 2.45) is 7.05 Å². The Morgan fingerprint density at radius 3 is 2.62 bits per heavy atom. The summed E-state index contributed by atoms with van der Waals surface area (Å²) in [6.45, 7) is 3.97. The number of carbonyl (C=O) groups excluding carboxylic acids is 1. The van der Waals surface area contributed by atoms with Crippen molar-refractivity contribution >= 4 is 5.78 Å². The molecule has 0 unspecified atom stereocenters. The number of Topliss-reactive ketones (excluding diaryl/α,β-unsaturated/α-hetero) is 1. The largest absolute Gasteiger partial charge is 0.336 e. The number of carbonyl (C=O) groups is 1. The number of hydrogen-bond acceptors (Lipinski definition) is 6. The second kappa shape index (κ2) is 10.2. The number of aryl methyl sites for hydroxylation is 2. The molecular weight excluding hydrogens is 468 g/mol. The van der Waals surface area contributed by atoms with E-state index in [1.807, 2.05) is 48.1 Å². The van der Waals surface area contributed by atoms with E-state index >= 15 is 0 Å². The number of nitrogens with one attached hydrogen (secondary N) is 1. The predicted molar refractivity (Wildman–Crippen MR) is 140 cm³/mol. The van der Waals surface area contributed by atoms with Gasteiger partial charge >= 0.3 is 5.69 Å². The smallest absolute Gasteiger partial charge is 0.334 e. The summed E-state index contributed by atoms with van der Waals surface area (Å²) in [5.41, 5.74) is 4.79. The van der Waals surface area contributed by atoms with E-state index in [9.17, 15) is 9.59 Å². The number of ketones is 1. The zero-order chi connectivity index (χ0) is 25.9. The van der Waals surface area contributed by atoms with Gasteiger partial charge in [0.15, 0.2) is 5.78 Å². The van der Waals surface area contributed by atoms with E-state index in [4.69, 9.17) is 0 Å². The highest BCUT2D eigenvalue weighted by Crippen LogP contribution is 2.32. The van der Waals surface area contributed by atoms with Gasteiger partial charge in [-0.3, -0.25) is 18.9 Å². The fourth-order valence-electron chi connectivity index (χ4n) is 4.68. The van der Waals surface area contributed by atoms with Crippen LogP contribution in [-0.4, -0.2) is 45.1 Å². The Balaban J connectivity index is 1.63. The van der Waals surface area contributed by atoms with Crippen LogP contribution in [0, 0.1) is 0 Å². The molecule has 0 aliphatic rings. The number of benzene rings is 1. The van der Waals surface area contributed by atoms with Gasteiger partial charge in [-0.25, -0.2) is 4.79 Å². The Kier molecular flexibility index (Phi) is 6.63. The minimum atomic E-state index is -0.198. The van der Waals surface area contributed by atoms with Crippen LogP contribution >= 0.6 is 0 Å². The lowest BCUT2D eigenvalue weighted by Crippen LogP contribution is -2.26. The van der Waals surface area contributed by atoms with Crippen LogP contribution in [0.2, 0.25) is 0 Å². The van der Waals surface area contributed by atoms with Crippen LogP contribution in [0.3, 0.4) is 0 Å². The van der Waals surface area contributed by atoms with Gasteiger partial charge in [0.05, 0.1) is 12.1 Å². The van der Waals surface area contributed by atoms with Crippen LogP contribution in [0.25, 0.3) is 28.3 Å². The van der Waals surface area contributed by atoms with Crippen LogP contribution in [0.1, 0.15) is 48.3 Å². The fraction of sp³-hybridized carbons (Fsp3) is 0.259. The molecule has 0 amide bonds. The maximum absolute atomic E-state index is 13.8. The van der Waals surface area contributed by atoms with E-state index in [0.29, 0.717) is 23.8 Å². The molecular formula is C27H28N8O2. The number of imidazole rings is 1. The highest BCUT2D eigenvalue weighted by Gasteiger charge is 2.21. The first-order valence-electron chi connectivity index (χ1n) is 12.2. The quantitative estimate of drug-likeness (QED) is 0.310. The standard InChI is InChI=1S/C27H28N8O2/c1-4-5-8-20-17-35(26-21(18(2)36)12-14-33(26)3)27(37)34(20)16-19-15-28-13-11-22(19)23-9-6-7-10-24(23)25-29-31-32-30-25/h6-7,9-15,17H,4-5,8,16H2,1-3H3,(H,29,30,31,32). The van der Waals surface area contributed by atoms with Crippen molar-refractivity contribution < 1.29 is 4.79 Å². The van der Waals surface area contributed by atoms with E-state index in [1.165, 1.54) is 6.92 Å². The number of pyridine rings is 1. The summed E-state index contributed by atoms with van der Waals surface area (Å²) in [5, 5.41) is 14.5. The monoisotopic (exact) mass is 496 g/mol. The molecule has 10 nitrogen and oxygen atoms in total. The van der Waals surface area contributed by atoms with Crippen molar-refractivity contribution in [1.29, 1.82) is 0 Å². The molecule has 5 aromatic rings. The molecule has 0 radical (unpaired) electrons. The third kappa shape index (κ3) is 4.53. The van der Waals surface area contributed by atoms with Gasteiger partial charge in [-0.05, 0) is 53.8 Å². The van der Waals surface area contributed by atoms with Crippen molar-refractivity contribution in [3.05, 3.63) is 88.5 Å². The van der Waals surface area contributed by atoms with Crippen LogP contribution in [0.4, 0.5) is 0 Å². The van der Waals surface area contributed by atoms with Crippen LogP contribution in [0.5, 0.6) is 0 Å². The van der Waals surface area contributed by atoms with Crippen LogP contribution < -0.4 is 5.69 Å². The molecule has 0 fully saturated rings. The molecule has 37 heavy (non-hydrogen) atoms. The topological polar surface area (TPSA) is 116 Å². The first-order chi connectivity index (χ1) is 18.0. The number of tetrazole rings is 1. The first kappa shape index (κ1) is 24.1. The fourth-order valence-corrected chi connectivity index (χ4v) is 4.68. The number of aromatic amines is 1. The van der Waals surface area contributed by atoms with Crippen molar-refractivity contribution in [3.63, 3.8) is 0 Å². The molecule has 0 aliphatic heterocycles. The molecule has 5 rings (SSSR count). The van der Waals surface area contributed by atoms with Crippen LogP contribution in [-0.2, 0) is 20.0 Å². The third-order valence-electron chi connectivity index (χ3n) is 6.53. The molecule has 0 spiro atoms. The maximum Gasteiger partial charge on any atom is 0.334 e. The Hall–Kier alpha value is -4.60. The van der Waals surface area contributed by atoms with E-state index in [-0.39, 0.29) is 11.5 Å². The molecule has 0 atom stereocenters. The van der Waals surface area contributed by atoms with Gasteiger partial charge < -0.3 is 4.57 Å². The summed E-state index contributed by atoms with van der Waals surface area (Å²) in [4.78, 5) is 30.5. The highest BCUT2D eigenvalue weighted by molar-refractivity contribution is 5.97. The minimum absolute atomic E-state index is 0.0852. The summed E-state index contributed by atoms with van der Waals surface area (Å²) >= 11 is 0. The molecule has 0 bridgehead atoms. The molecule has 0 saturated carbocycles. The van der Waals surface area contributed by atoms with Gasteiger partial charge in [0.1, 0.15) is 5.82 Å². The van der Waals surface area contributed by atoms with Gasteiger partial charge in [0, 0.05) is 43.1 Å². The molecule has 4 heterocycles. The van der Waals surface area contributed by atoms with Crippen molar-refractivity contribution in [3.8, 4) is 28.3 Å². The molecule has 0 saturated heterocycles. The van der Waals surface area contributed by atoms with E-state index < -0.39 is 0 Å². The predicted octanol–water partition coefficient (Wildman–Crippen LogP) is 3.81. The number of nitrogens with zero attached hydrogens (tertiary/aromatic N) is 7. The summed E-state index contributed by atoms with van der Waals surface area (Å²) in [5.74, 6) is 0.978. The zero-order valence-electron chi connectivity index (χ0n) is 21.0. The second-order valence-corrected chi connectivity index (χ2v) is 9.00. The van der Waals surface area contributed by atoms with Gasteiger partial charge in [0.2, 0.25) is 5.82 Å². The van der Waals surface area contributed by atoms with Gasteiger partial charge in [-0.1, -0.05) is 37.6 Å². The Morgan fingerprint density at radius 2 is 1.89 bits per heavy atom. The number of H-pyrrole nitrogens is 1. The SMILES string of the molecule is CCCCc1cn(-c2c(C(C)=O)ccn2C)c(=O)n1Cc1cnccc1-c1ccccc1-c1nn[nH]n1. The normalized spacial score (nSPS) is 11.2. The van der Waals surface area contributed by atoms with E-state index in [0.717, 1.165) is 47.2 Å². The van der Waals surface area contributed by atoms with Gasteiger partial charge in [-0.15, -0.1) is 10.2 Å². The van der Waals surface area contributed by atoms with E-state index in [1.54, 1.807) is 33.8 Å².